The van der Waals surface area contributed by atoms with Crippen LogP contribution in [0.4, 0.5) is 0 Å². The Morgan fingerprint density at radius 2 is 0.480 bits per heavy atom. The van der Waals surface area contributed by atoms with E-state index >= 15 is 0 Å². The molecule has 0 bridgehead atoms. The molecule has 10 heteroatoms. The van der Waals surface area contributed by atoms with Gasteiger partial charge in [0.05, 0.1) is 55.2 Å². The van der Waals surface area contributed by atoms with Crippen molar-refractivity contribution in [2.45, 2.75) is 0 Å². The fourth-order valence-corrected chi connectivity index (χ4v) is 15.7. The van der Waals surface area contributed by atoms with Gasteiger partial charge in [-0.25, -0.2) is 0 Å². The molecule has 100 heavy (non-hydrogen) atoms. The maximum atomic E-state index is 8.70. The number of rotatable bonds is 9. The van der Waals surface area contributed by atoms with Crippen molar-refractivity contribution >= 4 is 149 Å². The van der Waals surface area contributed by atoms with Crippen molar-refractivity contribution in [3.63, 3.8) is 0 Å². The van der Waals surface area contributed by atoms with Crippen LogP contribution in [0, 0.1) is 0 Å². The average Bonchev–Trinajstić information content (AvgIpc) is 1.90. The van der Waals surface area contributed by atoms with Gasteiger partial charge in [0, 0.05) is 91.2 Å². The molecule has 0 unspecified atom stereocenters. The first-order valence-electron chi connectivity index (χ1n) is 33.4. The Morgan fingerprint density at radius 3 is 0.900 bits per heavy atom. The number of hydrogen-bond donors (Lipinski definition) is 1. The van der Waals surface area contributed by atoms with Gasteiger partial charge in [0.25, 0.3) is 0 Å². The van der Waals surface area contributed by atoms with Crippen LogP contribution in [0.15, 0.2) is 361 Å². The fraction of sp³-hybridized carbons (Fsp3) is 0. The summed E-state index contributed by atoms with van der Waals surface area (Å²) in [5, 5.41) is 21.3. The molecular weight excluding hydrogens is 1350 g/mol. The Hall–Kier alpha value is -11.9. The average molecular weight is 1410 g/mol. The van der Waals surface area contributed by atoms with E-state index in [9.17, 15) is 0 Å². The quantitative estimate of drug-likeness (QED) is 0.146. The summed E-state index contributed by atoms with van der Waals surface area (Å²) in [5.41, 5.74) is 22.5. The largest absolute Gasteiger partial charge is 0.569 e. The lowest BCUT2D eigenvalue weighted by molar-refractivity contribution is 0.454. The lowest BCUT2D eigenvalue weighted by Crippen LogP contribution is -2.00. The second kappa shape index (κ2) is 25.5. The van der Waals surface area contributed by atoms with Crippen molar-refractivity contribution < 1.29 is 9.68 Å². The summed E-state index contributed by atoms with van der Waals surface area (Å²) < 4.78 is 18.9. The molecule has 0 aliphatic carbocycles. The first-order valence-corrected chi connectivity index (χ1v) is 35.0. The zero-order valence-corrected chi connectivity index (χ0v) is 57.1. The van der Waals surface area contributed by atoms with Crippen LogP contribution in [0.1, 0.15) is 0 Å². The minimum atomic E-state index is 0.604. The molecule has 1 N–H and O–H groups in total. The predicted molar refractivity (Wildman–Crippen MR) is 426 cm³/mol. The van der Waals surface area contributed by atoms with E-state index in [-0.39, 0.29) is 0 Å². The summed E-state index contributed by atoms with van der Waals surface area (Å²) in [6.07, 6.45) is 0. The zero-order chi connectivity index (χ0) is 66.8. The van der Waals surface area contributed by atoms with Crippen LogP contribution in [-0.4, -0.2) is 35.5 Å². The third kappa shape index (κ3) is 10.5. The molecule has 7 nitrogen and oxygen atoms in total. The van der Waals surface area contributed by atoms with Crippen LogP contribution >= 0.6 is 31.9 Å². The van der Waals surface area contributed by atoms with Gasteiger partial charge in [-0.15, -0.1) is 0 Å². The summed E-state index contributed by atoms with van der Waals surface area (Å²) in [6.45, 7) is 0. The topological polar surface area (TPSA) is 54.1 Å². The van der Waals surface area contributed by atoms with Crippen molar-refractivity contribution in [3.8, 4) is 56.4 Å². The van der Waals surface area contributed by atoms with Gasteiger partial charge in [-0.2, -0.15) is 0 Å². The van der Waals surface area contributed by atoms with Crippen molar-refractivity contribution in [3.05, 3.63) is 361 Å². The Labute approximate surface area is 594 Å². The first-order chi connectivity index (χ1) is 49.4. The second-order valence-corrected chi connectivity index (χ2v) is 26.9. The highest BCUT2D eigenvalue weighted by Gasteiger charge is 2.19. The lowest BCUT2D eigenvalue weighted by atomic mass is 10.0. The van der Waals surface area contributed by atoms with E-state index in [4.69, 9.17) is 9.68 Å². The van der Waals surface area contributed by atoms with Crippen molar-refractivity contribution in [2.24, 2.45) is 0 Å². The molecule has 1 radical (unpaired) electrons. The third-order valence-electron chi connectivity index (χ3n) is 19.4. The van der Waals surface area contributed by atoms with Gasteiger partial charge < -0.3 is 32.5 Å². The van der Waals surface area contributed by atoms with E-state index in [0.29, 0.717) is 13.4 Å². The Kier molecular flexibility index (Phi) is 15.4. The molecule has 20 aromatic rings. The molecule has 15 aromatic carbocycles. The molecule has 0 saturated carbocycles. The molecule has 5 heterocycles. The van der Waals surface area contributed by atoms with E-state index in [1.165, 1.54) is 137 Å². The van der Waals surface area contributed by atoms with E-state index in [1.54, 1.807) is 0 Å². The normalized spacial score (nSPS) is 11.6. The highest BCUT2D eigenvalue weighted by Crippen LogP contribution is 2.41. The molecule has 0 aliphatic heterocycles. The van der Waals surface area contributed by atoms with E-state index in [1.807, 2.05) is 30.3 Å². The third-order valence-corrected chi connectivity index (χ3v) is 20.4. The number of halogens is 2. The molecule has 5 aromatic heterocycles. The Bertz CT molecular complexity index is 6330. The first kappa shape index (κ1) is 60.5. The number of hydrogen-bond acceptors (Lipinski definition) is 2. The smallest absolute Gasteiger partial charge is 0.537 e. The maximum Gasteiger partial charge on any atom is 0.569 e. The van der Waals surface area contributed by atoms with Crippen molar-refractivity contribution in [1.82, 2.24) is 22.8 Å². The molecule has 0 amide bonds. The monoisotopic (exact) mass is 1410 g/mol. The van der Waals surface area contributed by atoms with E-state index in [2.05, 4.69) is 376 Å². The van der Waals surface area contributed by atoms with Gasteiger partial charge in [-0.3, -0.25) is 0 Å². The van der Waals surface area contributed by atoms with Gasteiger partial charge in [-0.05, 0) is 180 Å². The molecule has 0 fully saturated rings. The molecule has 0 spiro atoms. The Morgan fingerprint density at radius 1 is 0.210 bits per heavy atom. The van der Waals surface area contributed by atoms with Gasteiger partial charge in [0.2, 0.25) is 0 Å². The molecule has 0 aliphatic rings. The summed E-state index contributed by atoms with van der Waals surface area (Å²) in [5.74, 6) is 0.604. The zero-order valence-electron chi connectivity index (χ0n) is 53.9. The van der Waals surface area contributed by atoms with Gasteiger partial charge in [0.1, 0.15) is 5.75 Å². The fourth-order valence-electron chi connectivity index (χ4n) is 15.0. The highest BCUT2D eigenvalue weighted by atomic mass is 79.9. The van der Waals surface area contributed by atoms with Crippen LogP contribution < -0.4 is 4.65 Å². The summed E-state index contributed by atoms with van der Waals surface area (Å²) in [4.78, 5) is 0. The number of nitrogens with zero attached hydrogens (tertiary/aromatic N) is 5. The minimum absolute atomic E-state index is 0.604. The van der Waals surface area contributed by atoms with Crippen molar-refractivity contribution in [2.75, 3.05) is 0 Å². The number of aromatic nitrogens is 5. The number of fused-ring (bicyclic) bond motifs is 15. The van der Waals surface area contributed by atoms with E-state index < -0.39 is 0 Å². The molecule has 473 valence electrons. The number of para-hydroxylation sites is 8. The molecular formula is C90H59BBr2N5O2. The van der Waals surface area contributed by atoms with Crippen LogP contribution in [0.3, 0.4) is 0 Å². The SMILES string of the molecule is Brc1ccc2c(c1)c1ccc(Br)cc1n2-c1ccccc1.O[B]Oc1ccc(-n2c3ccccc3c3ccccc32)cc1.c1ccc(-n2c3ccc(-c4ccc(-n5c6ccccc6c6ccccc65)cc4)cc3c3ccc(-c4ccc(-n5c6ccccc6c6ccccc65)cc4)cc32)cc1. The number of benzene rings is 15. The Balaban J connectivity index is 0.000000136. The standard InChI is InChI=1S/C54H35N3.C18H13BNO2.C18H11Br2N/c1-2-12-40(13-3-1)57-53-33-27-38(36-22-28-41(29-23-36)55-49-18-8-4-14-43(49)44-15-5-9-19-50(44)55)34-48(53)47-32-26-39(35-54(47)57)37-24-30-42(31-25-37)56-51-20-10-6-16-45(51)46-17-7-11-21-52(46)56;21-19-22-14-11-9-13(10-12-14)20-17-7-3-1-5-15(17)16-6-2-4-8-18(16)20;19-12-7-9-17-16(10-12)15-8-6-13(20)11-18(15)21(17)14-4-2-1-3-5-14/h1-35H;1-12,21H;1-11H. The van der Waals surface area contributed by atoms with Crippen LogP contribution in [0.25, 0.3) is 160 Å². The predicted octanol–water partition coefficient (Wildman–Crippen LogP) is 24.3. The van der Waals surface area contributed by atoms with Gasteiger partial charge >= 0.3 is 7.69 Å². The van der Waals surface area contributed by atoms with E-state index in [0.717, 1.165) is 31.7 Å². The lowest BCUT2D eigenvalue weighted by Gasteiger charge is -2.11. The van der Waals surface area contributed by atoms with Crippen molar-refractivity contribution in [1.29, 1.82) is 0 Å². The van der Waals surface area contributed by atoms with Crippen LogP contribution in [0.5, 0.6) is 5.75 Å². The van der Waals surface area contributed by atoms with Crippen LogP contribution in [-0.2, 0) is 0 Å². The summed E-state index contributed by atoms with van der Waals surface area (Å²) in [6, 6.07) is 125. The maximum absolute atomic E-state index is 8.70. The summed E-state index contributed by atoms with van der Waals surface area (Å²) in [7, 11) is 0.690. The molecule has 20 rings (SSSR count). The highest BCUT2D eigenvalue weighted by molar-refractivity contribution is 9.10. The minimum Gasteiger partial charge on any atom is -0.537 e. The molecule has 0 saturated heterocycles. The van der Waals surface area contributed by atoms with Gasteiger partial charge in [-0.1, -0.05) is 226 Å². The van der Waals surface area contributed by atoms with Gasteiger partial charge in [0.15, 0.2) is 0 Å². The van der Waals surface area contributed by atoms with Crippen LogP contribution in [0.2, 0.25) is 0 Å². The second-order valence-electron chi connectivity index (χ2n) is 25.0. The summed E-state index contributed by atoms with van der Waals surface area (Å²) >= 11 is 7.17. The molecule has 0 atom stereocenters.